The molecule has 1 N–H and O–H groups in total. The number of aromatic nitrogens is 1. The van der Waals surface area contributed by atoms with E-state index in [0.717, 1.165) is 6.20 Å². The van der Waals surface area contributed by atoms with Crippen molar-refractivity contribution in [2.24, 2.45) is 5.92 Å². The first-order valence-corrected chi connectivity index (χ1v) is 9.83. The van der Waals surface area contributed by atoms with Crippen LogP contribution in [0.3, 0.4) is 0 Å². The van der Waals surface area contributed by atoms with Crippen molar-refractivity contribution in [2.75, 3.05) is 19.8 Å². The topological polar surface area (TPSA) is 69.7 Å². The number of nitrogens with zero attached hydrogens (tertiary/aromatic N) is 1. The van der Waals surface area contributed by atoms with E-state index in [1.54, 1.807) is 26.8 Å². The molecule has 1 saturated heterocycles. The third kappa shape index (κ3) is 6.13. The van der Waals surface area contributed by atoms with Crippen molar-refractivity contribution in [1.82, 2.24) is 10.3 Å². The minimum Gasteiger partial charge on any atom is -0.490 e. The van der Waals surface area contributed by atoms with Gasteiger partial charge in [0.25, 0.3) is 0 Å². The van der Waals surface area contributed by atoms with E-state index in [4.69, 9.17) is 14.2 Å². The highest BCUT2D eigenvalue weighted by Gasteiger charge is 2.29. The quantitative estimate of drug-likeness (QED) is 0.780. The molecule has 162 valence electrons. The Morgan fingerprint density at radius 2 is 2.07 bits per heavy atom. The van der Waals surface area contributed by atoms with Crippen molar-refractivity contribution < 1.29 is 27.8 Å². The molecule has 3 rings (SSSR count). The van der Waals surface area contributed by atoms with Crippen molar-refractivity contribution in [1.29, 1.82) is 0 Å². The minimum absolute atomic E-state index is 0.0517. The number of nitrogens with one attached hydrogen (secondary N) is 1. The molecule has 6 nitrogen and oxygen atoms in total. The lowest BCUT2D eigenvalue weighted by Gasteiger charge is -2.32. The summed E-state index contributed by atoms with van der Waals surface area (Å²) in [6.07, 6.45) is 1.23. The van der Waals surface area contributed by atoms with Gasteiger partial charge >= 0.3 is 6.09 Å². The average Bonchev–Trinajstić information content (AvgIpc) is 2.67. The zero-order valence-electron chi connectivity index (χ0n) is 17.3. The zero-order chi connectivity index (χ0) is 21.7. The van der Waals surface area contributed by atoms with E-state index in [0.29, 0.717) is 30.9 Å². The number of amides is 1. The number of benzene rings is 1. The van der Waals surface area contributed by atoms with Gasteiger partial charge in [-0.25, -0.2) is 13.6 Å². The molecule has 2 atom stereocenters. The number of ether oxygens (including phenoxy) is 3. The summed E-state index contributed by atoms with van der Waals surface area (Å²) in [6.45, 7) is 6.47. The summed E-state index contributed by atoms with van der Waals surface area (Å²) in [6, 6.07) is 6.95. The van der Waals surface area contributed by atoms with E-state index >= 15 is 0 Å². The Labute approximate surface area is 174 Å². The molecule has 1 aliphatic rings. The van der Waals surface area contributed by atoms with Gasteiger partial charge in [0.05, 0.1) is 31.1 Å². The maximum absolute atomic E-state index is 14.5. The fourth-order valence-electron chi connectivity index (χ4n) is 3.12. The highest BCUT2D eigenvalue weighted by molar-refractivity contribution is 5.68. The van der Waals surface area contributed by atoms with Gasteiger partial charge in [-0.15, -0.1) is 0 Å². The van der Waals surface area contributed by atoms with Gasteiger partial charge in [-0.05, 0) is 57.5 Å². The lowest BCUT2D eigenvalue weighted by Crippen LogP contribution is -2.49. The molecular weight excluding hydrogens is 394 g/mol. The summed E-state index contributed by atoms with van der Waals surface area (Å²) in [5, 5.41) is 2.81. The molecule has 1 aromatic heterocycles. The van der Waals surface area contributed by atoms with Gasteiger partial charge in [-0.1, -0.05) is 0 Å². The van der Waals surface area contributed by atoms with E-state index in [-0.39, 0.29) is 24.3 Å². The second kappa shape index (κ2) is 9.38. The van der Waals surface area contributed by atoms with E-state index in [9.17, 15) is 13.6 Å². The third-order valence-corrected chi connectivity index (χ3v) is 4.61. The standard InChI is InChI=1S/C22H26F2N2O4/c1-22(2,3)30-21(27)26-19-13-28-9-8-15(19)12-29-20-7-4-14(10-17(20)24)18-6-5-16(23)11-25-18/h4-7,10-11,15,19H,8-9,12-13H2,1-3H3,(H,26,27)/t15-,19+/m1/s1. The van der Waals surface area contributed by atoms with Crippen LogP contribution in [0.1, 0.15) is 27.2 Å². The van der Waals surface area contributed by atoms with Crippen molar-refractivity contribution in [3.8, 4) is 17.0 Å². The number of pyridine rings is 1. The van der Waals surface area contributed by atoms with Crippen LogP contribution in [0.5, 0.6) is 5.75 Å². The molecule has 0 bridgehead atoms. The largest absolute Gasteiger partial charge is 0.490 e. The molecule has 30 heavy (non-hydrogen) atoms. The van der Waals surface area contributed by atoms with Gasteiger partial charge < -0.3 is 19.5 Å². The van der Waals surface area contributed by atoms with Crippen LogP contribution in [0.25, 0.3) is 11.3 Å². The predicted octanol–water partition coefficient (Wildman–Crippen LogP) is 4.34. The van der Waals surface area contributed by atoms with Crippen LogP contribution in [0.4, 0.5) is 13.6 Å². The van der Waals surface area contributed by atoms with Crippen LogP contribution in [-0.2, 0) is 9.47 Å². The molecule has 0 saturated carbocycles. The number of hydrogen-bond donors (Lipinski definition) is 1. The Kier molecular flexibility index (Phi) is 6.87. The summed E-state index contributed by atoms with van der Waals surface area (Å²) in [5.41, 5.74) is 0.388. The number of rotatable bonds is 5. The summed E-state index contributed by atoms with van der Waals surface area (Å²) in [5.74, 6) is -0.944. The summed E-state index contributed by atoms with van der Waals surface area (Å²) < 4.78 is 44.0. The Morgan fingerprint density at radius 1 is 1.27 bits per heavy atom. The van der Waals surface area contributed by atoms with E-state index in [1.807, 2.05) is 0 Å². The zero-order valence-corrected chi connectivity index (χ0v) is 17.3. The van der Waals surface area contributed by atoms with Crippen LogP contribution >= 0.6 is 0 Å². The Bertz CT molecular complexity index is 868. The Hall–Kier alpha value is -2.74. The molecule has 1 fully saturated rings. The van der Waals surface area contributed by atoms with E-state index in [1.165, 1.54) is 24.3 Å². The first kappa shape index (κ1) is 22.0. The average molecular weight is 420 g/mol. The van der Waals surface area contributed by atoms with Gasteiger partial charge in [-0.3, -0.25) is 4.98 Å². The first-order valence-electron chi connectivity index (χ1n) is 9.83. The molecule has 2 aromatic rings. The van der Waals surface area contributed by atoms with Crippen LogP contribution in [0.15, 0.2) is 36.5 Å². The van der Waals surface area contributed by atoms with Crippen molar-refractivity contribution in [3.63, 3.8) is 0 Å². The Balaban J connectivity index is 1.61. The number of carbonyl (C=O) groups excluding carboxylic acids is 1. The molecular formula is C22H26F2N2O4. The minimum atomic E-state index is -0.601. The number of hydrogen-bond acceptors (Lipinski definition) is 5. The SMILES string of the molecule is CC(C)(C)OC(=O)N[C@H]1COCC[C@@H]1COc1ccc(-c2ccc(F)cn2)cc1F. The molecule has 0 radical (unpaired) electrons. The van der Waals surface area contributed by atoms with E-state index < -0.39 is 23.3 Å². The lowest BCUT2D eigenvalue weighted by atomic mass is 9.96. The van der Waals surface area contributed by atoms with Crippen molar-refractivity contribution in [3.05, 3.63) is 48.2 Å². The molecule has 1 aromatic carbocycles. The van der Waals surface area contributed by atoms with E-state index in [2.05, 4.69) is 10.3 Å². The molecule has 2 heterocycles. The molecule has 0 spiro atoms. The molecule has 1 amide bonds. The third-order valence-electron chi connectivity index (χ3n) is 4.61. The molecule has 1 aliphatic heterocycles. The van der Waals surface area contributed by atoms with Gasteiger partial charge in [0, 0.05) is 18.1 Å². The van der Waals surface area contributed by atoms with Crippen LogP contribution in [-0.4, -0.2) is 42.5 Å². The monoisotopic (exact) mass is 420 g/mol. The predicted molar refractivity (Wildman–Crippen MR) is 107 cm³/mol. The normalized spacial score (nSPS) is 19.2. The number of carbonyl (C=O) groups is 1. The maximum Gasteiger partial charge on any atom is 0.407 e. The van der Waals surface area contributed by atoms with Gasteiger partial charge in [-0.2, -0.15) is 0 Å². The summed E-state index contributed by atoms with van der Waals surface area (Å²) >= 11 is 0. The van der Waals surface area contributed by atoms with Crippen LogP contribution < -0.4 is 10.1 Å². The molecule has 8 heteroatoms. The van der Waals surface area contributed by atoms with Crippen molar-refractivity contribution in [2.45, 2.75) is 38.8 Å². The fraction of sp³-hybridized carbons (Fsp3) is 0.455. The maximum atomic E-state index is 14.5. The molecule has 0 aliphatic carbocycles. The highest BCUT2D eigenvalue weighted by atomic mass is 19.1. The first-order chi connectivity index (χ1) is 14.2. The summed E-state index contributed by atoms with van der Waals surface area (Å²) in [7, 11) is 0. The highest BCUT2D eigenvalue weighted by Crippen LogP contribution is 2.26. The van der Waals surface area contributed by atoms with Crippen molar-refractivity contribution >= 4 is 6.09 Å². The number of halogens is 2. The smallest absolute Gasteiger partial charge is 0.407 e. The molecule has 0 unspecified atom stereocenters. The van der Waals surface area contributed by atoms with Crippen LogP contribution in [0, 0.1) is 17.6 Å². The fourth-order valence-corrected chi connectivity index (χ4v) is 3.12. The second-order valence-corrected chi connectivity index (χ2v) is 8.19. The van der Waals surface area contributed by atoms with Gasteiger partial charge in [0.15, 0.2) is 11.6 Å². The van der Waals surface area contributed by atoms with Gasteiger partial charge in [0.1, 0.15) is 11.4 Å². The second-order valence-electron chi connectivity index (χ2n) is 8.19. The van der Waals surface area contributed by atoms with Crippen LogP contribution in [0.2, 0.25) is 0 Å². The van der Waals surface area contributed by atoms with Gasteiger partial charge in [0.2, 0.25) is 0 Å². The Morgan fingerprint density at radius 3 is 2.73 bits per heavy atom. The summed E-state index contributed by atoms with van der Waals surface area (Å²) in [4.78, 5) is 16.0. The number of alkyl carbamates (subject to hydrolysis) is 1. The lowest BCUT2D eigenvalue weighted by molar-refractivity contribution is 0.00704.